The van der Waals surface area contributed by atoms with Gasteiger partial charge in [0.25, 0.3) is 0 Å². The molecule has 0 heterocycles. The summed E-state index contributed by atoms with van der Waals surface area (Å²) in [5, 5.41) is 38.1. The molecule has 0 aliphatic heterocycles. The number of benzene rings is 2. The quantitative estimate of drug-likeness (QED) is 0.332. The first-order chi connectivity index (χ1) is 14.6. The van der Waals surface area contributed by atoms with Crippen LogP contribution in [0.4, 0.5) is 0 Å². The van der Waals surface area contributed by atoms with E-state index in [0.29, 0.717) is 25.7 Å². The van der Waals surface area contributed by atoms with Crippen molar-refractivity contribution in [3.63, 3.8) is 0 Å². The minimum absolute atomic E-state index is 0.213. The normalized spacial score (nSPS) is 12.7. The molecule has 0 aromatic heterocycles. The van der Waals surface area contributed by atoms with Crippen LogP contribution in [0.1, 0.15) is 44.2 Å². The summed E-state index contributed by atoms with van der Waals surface area (Å²) in [6.07, 6.45) is 1.06. The molecule has 168 valence electrons. The van der Waals surface area contributed by atoms with Crippen molar-refractivity contribution < 1.29 is 39.5 Å². The van der Waals surface area contributed by atoms with Gasteiger partial charge in [-0.3, -0.25) is 9.59 Å². The number of aryl methyl sites for hydroxylation is 2. The van der Waals surface area contributed by atoms with Crippen LogP contribution in [0.2, 0.25) is 0 Å². The predicted octanol–water partition coefficient (Wildman–Crippen LogP) is 3.33. The Morgan fingerprint density at radius 2 is 1.10 bits per heavy atom. The summed E-state index contributed by atoms with van der Waals surface area (Å²) in [5.74, 6) is -1.79. The minimum Gasteiger partial charge on any atom is -0.504 e. The lowest BCUT2D eigenvalue weighted by Crippen LogP contribution is -2.27. The van der Waals surface area contributed by atoms with Crippen LogP contribution in [-0.2, 0) is 31.9 Å². The summed E-state index contributed by atoms with van der Waals surface area (Å²) in [6.45, 7) is 2.61. The predicted molar refractivity (Wildman–Crippen MR) is 112 cm³/mol. The van der Waals surface area contributed by atoms with Crippen molar-refractivity contribution in [3.05, 3.63) is 47.5 Å². The maximum absolute atomic E-state index is 11.6. The zero-order valence-electron chi connectivity index (χ0n) is 17.6. The molecule has 31 heavy (non-hydrogen) atoms. The summed E-state index contributed by atoms with van der Waals surface area (Å²) in [6, 6.07) is 9.00. The Hall–Kier alpha value is -3.42. The number of aromatic hydroxyl groups is 4. The van der Waals surface area contributed by atoms with E-state index in [9.17, 15) is 30.0 Å². The van der Waals surface area contributed by atoms with Gasteiger partial charge in [0.2, 0.25) is 0 Å². The van der Waals surface area contributed by atoms with E-state index in [4.69, 9.17) is 9.47 Å². The van der Waals surface area contributed by atoms with Crippen LogP contribution < -0.4 is 0 Å². The number of hydrogen-bond acceptors (Lipinski definition) is 8. The molecule has 0 spiro atoms. The van der Waals surface area contributed by atoms with E-state index in [0.717, 1.165) is 11.1 Å². The lowest BCUT2D eigenvalue weighted by atomic mass is 9.98. The van der Waals surface area contributed by atoms with Crippen molar-refractivity contribution in [2.45, 2.75) is 58.2 Å². The molecule has 0 saturated carbocycles. The molecule has 0 unspecified atom stereocenters. The number of phenols is 4. The molecular formula is C23H28O8. The first kappa shape index (κ1) is 23.9. The highest BCUT2D eigenvalue weighted by atomic mass is 16.6. The Kier molecular flexibility index (Phi) is 8.54. The zero-order chi connectivity index (χ0) is 23.0. The largest absolute Gasteiger partial charge is 0.504 e. The second-order valence-electron chi connectivity index (χ2n) is 7.42. The molecule has 0 amide bonds. The average Bonchev–Trinajstić information content (AvgIpc) is 2.68. The zero-order valence-corrected chi connectivity index (χ0v) is 17.6. The van der Waals surface area contributed by atoms with Gasteiger partial charge in [-0.25, -0.2) is 0 Å². The molecule has 0 aliphatic rings. The highest BCUT2D eigenvalue weighted by Gasteiger charge is 2.22. The SMILES string of the molecule is CC(=O)O[C@H](CCc1ccc(O)c(O)c1)C[C@@H](CCc1ccc(O)c(O)c1)OC(C)=O. The van der Waals surface area contributed by atoms with Gasteiger partial charge in [0.05, 0.1) is 0 Å². The van der Waals surface area contributed by atoms with Crippen LogP contribution in [0.3, 0.4) is 0 Å². The van der Waals surface area contributed by atoms with Gasteiger partial charge in [-0.2, -0.15) is 0 Å². The van der Waals surface area contributed by atoms with Crippen LogP contribution in [0, 0.1) is 0 Å². The lowest BCUT2D eigenvalue weighted by Gasteiger charge is -2.23. The Labute approximate surface area is 180 Å². The minimum atomic E-state index is -0.522. The standard InChI is InChI=1S/C23H28O8/c1-14(24)30-18(7-3-16-5-9-20(26)22(28)11-16)13-19(31-15(2)25)8-4-17-6-10-21(27)23(29)12-17/h5-6,9-12,18-19,26-29H,3-4,7-8,13H2,1-2H3/t18-,19-/m1/s1. The van der Waals surface area contributed by atoms with Crippen LogP contribution in [0.25, 0.3) is 0 Å². The molecule has 0 aliphatic carbocycles. The van der Waals surface area contributed by atoms with Crippen molar-refractivity contribution in [2.24, 2.45) is 0 Å². The third-order valence-corrected chi connectivity index (χ3v) is 4.78. The fraction of sp³-hybridized carbons (Fsp3) is 0.391. The van der Waals surface area contributed by atoms with Crippen LogP contribution in [0.15, 0.2) is 36.4 Å². The number of esters is 2. The number of ether oxygens (including phenoxy) is 2. The number of phenolic OH excluding ortho intramolecular Hbond substituents is 4. The number of carbonyl (C=O) groups excluding carboxylic acids is 2. The van der Waals surface area contributed by atoms with E-state index in [1.807, 2.05) is 0 Å². The van der Waals surface area contributed by atoms with Gasteiger partial charge in [0.1, 0.15) is 12.2 Å². The smallest absolute Gasteiger partial charge is 0.302 e. The summed E-state index contributed by atoms with van der Waals surface area (Å²) in [7, 11) is 0. The third kappa shape index (κ3) is 8.08. The van der Waals surface area contributed by atoms with Crippen LogP contribution in [-0.4, -0.2) is 44.6 Å². The third-order valence-electron chi connectivity index (χ3n) is 4.78. The van der Waals surface area contributed by atoms with Gasteiger partial charge in [0.15, 0.2) is 23.0 Å². The molecule has 0 bridgehead atoms. The van der Waals surface area contributed by atoms with Crippen molar-refractivity contribution in [3.8, 4) is 23.0 Å². The molecule has 2 aromatic carbocycles. The topological polar surface area (TPSA) is 134 Å². The lowest BCUT2D eigenvalue weighted by molar-refractivity contribution is -0.153. The fourth-order valence-electron chi connectivity index (χ4n) is 3.32. The summed E-state index contributed by atoms with van der Waals surface area (Å²) in [4.78, 5) is 23.1. The van der Waals surface area contributed by atoms with E-state index in [2.05, 4.69) is 0 Å². The maximum atomic E-state index is 11.6. The molecule has 2 atom stereocenters. The van der Waals surface area contributed by atoms with Crippen molar-refractivity contribution in [1.82, 2.24) is 0 Å². The second kappa shape index (κ2) is 11.1. The average molecular weight is 432 g/mol. The second-order valence-corrected chi connectivity index (χ2v) is 7.42. The highest BCUT2D eigenvalue weighted by Crippen LogP contribution is 2.28. The number of rotatable bonds is 10. The van der Waals surface area contributed by atoms with Crippen molar-refractivity contribution in [2.75, 3.05) is 0 Å². The van der Waals surface area contributed by atoms with Gasteiger partial charge in [-0.05, 0) is 61.1 Å². The Balaban J connectivity index is 2.04. The van der Waals surface area contributed by atoms with E-state index in [-0.39, 0.29) is 29.4 Å². The number of hydrogen-bond donors (Lipinski definition) is 4. The first-order valence-corrected chi connectivity index (χ1v) is 10.00. The van der Waals surface area contributed by atoms with Crippen LogP contribution >= 0.6 is 0 Å². The molecule has 0 radical (unpaired) electrons. The van der Waals surface area contributed by atoms with E-state index in [1.54, 1.807) is 12.1 Å². The molecule has 8 heteroatoms. The van der Waals surface area contributed by atoms with Gasteiger partial charge >= 0.3 is 11.9 Å². The van der Waals surface area contributed by atoms with Gasteiger partial charge < -0.3 is 29.9 Å². The summed E-state index contributed by atoms with van der Waals surface area (Å²) < 4.78 is 10.8. The molecule has 0 saturated heterocycles. The van der Waals surface area contributed by atoms with Gasteiger partial charge in [0, 0.05) is 20.3 Å². The molecule has 0 fully saturated rings. The summed E-state index contributed by atoms with van der Waals surface area (Å²) >= 11 is 0. The monoisotopic (exact) mass is 432 g/mol. The highest BCUT2D eigenvalue weighted by molar-refractivity contribution is 5.66. The summed E-state index contributed by atoms with van der Waals surface area (Å²) in [5.41, 5.74) is 1.52. The Bertz CT molecular complexity index is 835. The fourth-order valence-corrected chi connectivity index (χ4v) is 3.32. The van der Waals surface area contributed by atoms with Crippen molar-refractivity contribution >= 4 is 11.9 Å². The first-order valence-electron chi connectivity index (χ1n) is 10.00. The van der Waals surface area contributed by atoms with Gasteiger partial charge in [-0.15, -0.1) is 0 Å². The van der Waals surface area contributed by atoms with Crippen LogP contribution in [0.5, 0.6) is 23.0 Å². The van der Waals surface area contributed by atoms with Crippen molar-refractivity contribution in [1.29, 1.82) is 0 Å². The Morgan fingerprint density at radius 3 is 1.42 bits per heavy atom. The molecule has 2 rings (SSSR count). The van der Waals surface area contributed by atoms with Gasteiger partial charge in [-0.1, -0.05) is 12.1 Å². The van der Waals surface area contributed by atoms with E-state index >= 15 is 0 Å². The van der Waals surface area contributed by atoms with E-state index < -0.39 is 24.1 Å². The molecular weight excluding hydrogens is 404 g/mol. The maximum Gasteiger partial charge on any atom is 0.302 e. The molecule has 4 N–H and O–H groups in total. The molecule has 8 nitrogen and oxygen atoms in total. The Morgan fingerprint density at radius 1 is 0.710 bits per heavy atom. The van der Waals surface area contributed by atoms with E-state index in [1.165, 1.54) is 38.1 Å². The molecule has 2 aromatic rings. The number of carbonyl (C=O) groups is 2.